The molecule has 0 radical (unpaired) electrons. The molecule has 3 rings (SSSR count). The van der Waals surface area contributed by atoms with E-state index in [1.165, 1.54) is 36.4 Å². The molecule has 0 saturated heterocycles. The normalized spacial score (nSPS) is 10.7. The van der Waals surface area contributed by atoms with E-state index < -0.39 is 35.7 Å². The maximum absolute atomic E-state index is 13.7. The molecule has 0 saturated carbocycles. The Bertz CT molecular complexity index is 2320. The number of nitrogens with one attached hydrogen (secondary N) is 2. The second-order valence-corrected chi connectivity index (χ2v) is 20.1. The zero-order valence-electron chi connectivity index (χ0n) is 49.1. The lowest BCUT2D eigenvalue weighted by molar-refractivity contribution is -0.121. The maximum Gasteiger partial charge on any atom is 0.339 e. The molecule has 438 valence electrons. The Morgan fingerprint density at radius 1 is 0.338 bits per heavy atom. The van der Waals surface area contributed by atoms with E-state index in [0.29, 0.717) is 38.9 Å². The van der Waals surface area contributed by atoms with E-state index in [1.807, 2.05) is 0 Å². The van der Waals surface area contributed by atoms with Gasteiger partial charge in [-0.05, 0) is 87.1 Å². The molecule has 0 spiro atoms. The molecule has 0 aliphatic rings. The minimum Gasteiger partial charge on any atom is -0.462 e. The predicted molar refractivity (Wildman–Crippen MR) is 316 cm³/mol. The van der Waals surface area contributed by atoms with Crippen molar-refractivity contribution in [2.75, 3.05) is 63.5 Å². The molecule has 2 N–H and O–H groups in total. The summed E-state index contributed by atoms with van der Waals surface area (Å²) in [5, 5.41) is 5.85. The first kappa shape index (κ1) is 67.8. The first-order valence-electron chi connectivity index (χ1n) is 29.9. The largest absolute Gasteiger partial charge is 0.462 e. The van der Waals surface area contributed by atoms with Gasteiger partial charge in [0.15, 0.2) is 0 Å². The highest BCUT2D eigenvalue weighted by atomic mass is 16.5. The summed E-state index contributed by atoms with van der Waals surface area (Å²) in [4.78, 5) is 81.7. The van der Waals surface area contributed by atoms with Gasteiger partial charge in [-0.2, -0.15) is 0 Å². The van der Waals surface area contributed by atoms with Gasteiger partial charge in [-0.3, -0.25) is 9.59 Å². The smallest absolute Gasteiger partial charge is 0.339 e. The van der Waals surface area contributed by atoms with Gasteiger partial charge < -0.3 is 39.1 Å². The van der Waals surface area contributed by atoms with E-state index in [2.05, 4.69) is 75.9 Å². The van der Waals surface area contributed by atoms with Crippen LogP contribution in [0.4, 0.5) is 11.4 Å². The number of hydrogen-bond donors (Lipinski definition) is 2. The van der Waals surface area contributed by atoms with E-state index in [-0.39, 0.29) is 95.5 Å². The molecule has 80 heavy (non-hydrogen) atoms. The summed E-state index contributed by atoms with van der Waals surface area (Å²) in [6.07, 6.45) is 22.3. The Morgan fingerprint density at radius 3 is 0.938 bits per heavy atom. The van der Waals surface area contributed by atoms with Gasteiger partial charge in [0.2, 0.25) is 11.8 Å². The van der Waals surface area contributed by atoms with Crippen LogP contribution >= 0.6 is 0 Å². The summed E-state index contributed by atoms with van der Waals surface area (Å²) in [5.41, 5.74) is 1.75. The molecule has 3 aromatic carbocycles. The number of carbonyl (C=O) groups excluding carboxylic acids is 6. The van der Waals surface area contributed by atoms with Crippen LogP contribution < -0.4 is 10.6 Å². The lowest BCUT2D eigenvalue weighted by atomic mass is 10.0. The predicted octanol–water partition coefficient (Wildman–Crippen LogP) is 14.5. The van der Waals surface area contributed by atoms with Gasteiger partial charge in [0.25, 0.3) is 0 Å². The quantitative estimate of drug-likeness (QED) is 0.0238. The van der Waals surface area contributed by atoms with Crippen molar-refractivity contribution in [2.24, 2.45) is 0 Å². The van der Waals surface area contributed by atoms with Crippen molar-refractivity contribution in [3.8, 4) is 23.7 Å². The molecule has 0 aromatic heterocycles. The summed E-state index contributed by atoms with van der Waals surface area (Å²) < 4.78 is 34.2. The highest BCUT2D eigenvalue weighted by Crippen LogP contribution is 2.27. The lowest BCUT2D eigenvalue weighted by Gasteiger charge is -2.14. The Labute approximate surface area is 478 Å². The molecule has 0 unspecified atom stereocenters. The van der Waals surface area contributed by atoms with Crippen LogP contribution in [-0.2, 0) is 38.0 Å². The summed E-state index contributed by atoms with van der Waals surface area (Å²) in [6, 6.07) is 12.1. The van der Waals surface area contributed by atoms with Crippen LogP contribution in [0.3, 0.4) is 0 Å². The number of esters is 4. The monoisotopic (exact) mass is 1100 g/mol. The number of amides is 2. The van der Waals surface area contributed by atoms with Crippen molar-refractivity contribution < 1.29 is 57.2 Å². The standard InChI is InChI=1S/C66H92N2O12/c1-7-13-19-25-39-75-49-61(69)67-59-47-54(34-32-52-46-56(64(72)78-42-28-22-16-10-4)36-38-58(52)66(74)80-44-30-24-18-12-6)60(68-62(70)50-76-40-26-20-14-8-2)48-53(59)33-31-51-45-55(63(71)77-41-27-21-15-9-3)35-37-57(51)65(73)79-43-29-23-17-11-5/h35-38,45-48H,7-30,39-44,49-50H2,1-6H3,(H,67,69)(H,68,70). The van der Waals surface area contributed by atoms with Crippen molar-refractivity contribution in [1.29, 1.82) is 0 Å². The maximum atomic E-state index is 13.7. The van der Waals surface area contributed by atoms with E-state index in [4.69, 9.17) is 28.4 Å². The van der Waals surface area contributed by atoms with Crippen LogP contribution in [0.2, 0.25) is 0 Å². The van der Waals surface area contributed by atoms with Crippen LogP contribution in [-0.4, -0.2) is 88.5 Å². The van der Waals surface area contributed by atoms with Crippen molar-refractivity contribution >= 4 is 47.1 Å². The molecular formula is C66H92N2O12. The van der Waals surface area contributed by atoms with Gasteiger partial charge in [0.05, 0.1) is 71.2 Å². The van der Waals surface area contributed by atoms with Gasteiger partial charge >= 0.3 is 23.9 Å². The molecule has 3 aromatic rings. The van der Waals surface area contributed by atoms with Gasteiger partial charge in [-0.1, -0.05) is 181 Å². The third-order valence-electron chi connectivity index (χ3n) is 13.0. The number of rotatable bonds is 40. The Balaban J connectivity index is 2.30. The van der Waals surface area contributed by atoms with Crippen LogP contribution in [0.5, 0.6) is 0 Å². The first-order chi connectivity index (χ1) is 39.0. The summed E-state index contributed by atoms with van der Waals surface area (Å²) in [7, 11) is 0. The summed E-state index contributed by atoms with van der Waals surface area (Å²) >= 11 is 0. The van der Waals surface area contributed by atoms with Crippen molar-refractivity contribution in [2.45, 2.75) is 196 Å². The van der Waals surface area contributed by atoms with Crippen molar-refractivity contribution in [3.63, 3.8) is 0 Å². The third-order valence-corrected chi connectivity index (χ3v) is 13.0. The highest BCUT2D eigenvalue weighted by molar-refractivity contribution is 5.99. The lowest BCUT2D eigenvalue weighted by Crippen LogP contribution is -2.21. The molecule has 14 heteroatoms. The number of carbonyl (C=O) groups is 6. The summed E-state index contributed by atoms with van der Waals surface area (Å²) in [5.74, 6) is 9.05. The van der Waals surface area contributed by atoms with Crippen molar-refractivity contribution in [3.05, 3.63) is 93.0 Å². The third kappa shape index (κ3) is 27.6. The van der Waals surface area contributed by atoms with Gasteiger partial charge in [-0.15, -0.1) is 0 Å². The zero-order valence-corrected chi connectivity index (χ0v) is 49.1. The van der Waals surface area contributed by atoms with E-state index in [9.17, 15) is 28.8 Å². The molecule has 0 aliphatic heterocycles. The van der Waals surface area contributed by atoms with Crippen molar-refractivity contribution in [1.82, 2.24) is 0 Å². The number of unbranched alkanes of at least 4 members (excludes halogenated alkanes) is 18. The molecule has 0 atom stereocenters. The Morgan fingerprint density at radius 2 is 0.625 bits per heavy atom. The number of hydrogen-bond acceptors (Lipinski definition) is 12. The van der Waals surface area contributed by atoms with Gasteiger partial charge in [0, 0.05) is 24.3 Å². The van der Waals surface area contributed by atoms with Crippen LogP contribution in [0.15, 0.2) is 48.5 Å². The molecule has 0 fully saturated rings. The van der Waals surface area contributed by atoms with E-state index >= 15 is 0 Å². The average molecular weight is 1110 g/mol. The fraction of sp³-hybridized carbons (Fsp3) is 0.576. The van der Waals surface area contributed by atoms with Crippen LogP contribution in [0, 0.1) is 23.7 Å². The molecule has 14 nitrogen and oxygen atoms in total. The van der Waals surface area contributed by atoms with Gasteiger partial charge in [-0.25, -0.2) is 19.2 Å². The minimum absolute atomic E-state index is 0.125. The van der Waals surface area contributed by atoms with E-state index in [1.54, 1.807) is 12.1 Å². The highest BCUT2D eigenvalue weighted by Gasteiger charge is 2.20. The number of ether oxygens (including phenoxy) is 6. The summed E-state index contributed by atoms with van der Waals surface area (Å²) in [6.45, 7) is 13.7. The Kier molecular flexibility index (Phi) is 35.9. The topological polar surface area (TPSA) is 182 Å². The number of benzene rings is 3. The second kappa shape index (κ2) is 42.4. The van der Waals surface area contributed by atoms with Gasteiger partial charge in [0.1, 0.15) is 13.2 Å². The molecule has 0 bridgehead atoms. The average Bonchev–Trinajstić information content (AvgIpc) is 3.47. The number of anilines is 2. The zero-order chi connectivity index (χ0) is 58.0. The Hall–Kier alpha value is -6.48. The fourth-order valence-corrected chi connectivity index (χ4v) is 8.25. The molecule has 0 heterocycles. The SMILES string of the molecule is CCCCCCOCC(=O)Nc1cc(C#Cc2cc(C(=O)OCCCCCC)ccc2C(=O)OCCCCCC)c(NC(=O)COCCCCCC)cc1C#Cc1cc(C(=O)OCCCCCC)ccc1C(=O)OCCCCCC. The van der Waals surface area contributed by atoms with Crippen LogP contribution in [0.25, 0.3) is 0 Å². The fourth-order valence-electron chi connectivity index (χ4n) is 8.25. The molecule has 2 amide bonds. The second-order valence-electron chi connectivity index (χ2n) is 20.1. The molecular weight excluding hydrogens is 1010 g/mol. The van der Waals surface area contributed by atoms with Crippen LogP contribution in [0.1, 0.15) is 259 Å². The van der Waals surface area contributed by atoms with E-state index in [0.717, 1.165) is 128 Å². The molecule has 0 aliphatic carbocycles. The minimum atomic E-state index is -0.618. The first-order valence-corrected chi connectivity index (χ1v) is 29.9.